The number of aryl methyl sites for hydroxylation is 2. The molecule has 0 bridgehead atoms. The third-order valence-corrected chi connectivity index (χ3v) is 7.14. The first-order valence-electron chi connectivity index (χ1n) is 7.59. The fourth-order valence-corrected chi connectivity index (χ4v) is 5.54. The summed E-state index contributed by atoms with van der Waals surface area (Å²) in [5, 5.41) is -0.384. The van der Waals surface area contributed by atoms with E-state index in [1.807, 2.05) is 6.92 Å². The highest BCUT2D eigenvalue weighted by molar-refractivity contribution is 7.89. The van der Waals surface area contributed by atoms with Crippen molar-refractivity contribution in [1.29, 1.82) is 0 Å². The number of nitrogens with zero attached hydrogens (tertiary/aromatic N) is 1. The molecule has 0 aromatic heterocycles. The van der Waals surface area contributed by atoms with Gasteiger partial charge < -0.3 is 4.74 Å². The van der Waals surface area contributed by atoms with Crippen molar-refractivity contribution in [3.8, 4) is 0 Å². The molecule has 3 rings (SSSR count). The average molecular weight is 309 g/mol. The summed E-state index contributed by atoms with van der Waals surface area (Å²) in [5.74, 6) is 0. The summed E-state index contributed by atoms with van der Waals surface area (Å²) in [4.78, 5) is 0. The van der Waals surface area contributed by atoms with Crippen molar-refractivity contribution in [3.05, 3.63) is 34.4 Å². The second-order valence-electron chi connectivity index (χ2n) is 6.25. The van der Waals surface area contributed by atoms with Gasteiger partial charge in [0.1, 0.15) is 5.25 Å². The Morgan fingerprint density at radius 1 is 1.29 bits per heavy atom. The van der Waals surface area contributed by atoms with Crippen LogP contribution in [0.3, 0.4) is 0 Å². The summed E-state index contributed by atoms with van der Waals surface area (Å²) in [5.41, 5.74) is 4.93. The summed E-state index contributed by atoms with van der Waals surface area (Å²) in [6.45, 7) is 7.67. The Morgan fingerprint density at radius 2 is 2.05 bits per heavy atom. The Balaban J connectivity index is 1.89. The van der Waals surface area contributed by atoms with E-state index in [0.29, 0.717) is 26.1 Å². The monoisotopic (exact) mass is 309 g/mol. The maximum atomic E-state index is 12.8. The number of sulfonamides is 1. The SMILES string of the molecule is Cc1cc(C)c2c(c1)CCN(S(=O)(=O)C1CCOC1C)C2. The standard InChI is InChI=1S/C16H23NO3S/c1-11-8-12(2)15-10-17(6-4-14(15)9-11)21(18,19)16-5-7-20-13(16)3/h8-9,13,16H,4-7,10H2,1-3H3. The van der Waals surface area contributed by atoms with Gasteiger partial charge in [-0.05, 0) is 50.3 Å². The predicted molar refractivity (Wildman–Crippen MR) is 82.8 cm³/mol. The molecule has 1 aromatic rings. The Hall–Kier alpha value is -0.910. The van der Waals surface area contributed by atoms with Crippen molar-refractivity contribution < 1.29 is 13.2 Å². The minimum Gasteiger partial charge on any atom is -0.377 e. The molecular weight excluding hydrogens is 286 g/mol. The molecular formula is C16H23NO3S. The molecule has 1 aromatic carbocycles. The van der Waals surface area contributed by atoms with E-state index >= 15 is 0 Å². The van der Waals surface area contributed by atoms with Crippen LogP contribution in [0.2, 0.25) is 0 Å². The zero-order chi connectivity index (χ0) is 15.2. The summed E-state index contributed by atoms with van der Waals surface area (Å²) in [7, 11) is -3.27. The van der Waals surface area contributed by atoms with Crippen molar-refractivity contribution in [3.63, 3.8) is 0 Å². The summed E-state index contributed by atoms with van der Waals surface area (Å²) < 4.78 is 32.8. The van der Waals surface area contributed by atoms with Crippen LogP contribution in [-0.2, 0) is 27.7 Å². The average Bonchev–Trinajstić information content (AvgIpc) is 2.85. The van der Waals surface area contributed by atoms with Crippen LogP contribution in [0.5, 0.6) is 0 Å². The largest absolute Gasteiger partial charge is 0.377 e. The van der Waals surface area contributed by atoms with Gasteiger partial charge in [0, 0.05) is 19.7 Å². The first-order valence-corrected chi connectivity index (χ1v) is 9.09. The van der Waals surface area contributed by atoms with E-state index in [9.17, 15) is 8.42 Å². The molecule has 2 atom stereocenters. The zero-order valence-corrected chi connectivity index (χ0v) is 13.7. The third kappa shape index (κ3) is 2.62. The molecule has 1 saturated heterocycles. The van der Waals surface area contributed by atoms with Crippen molar-refractivity contribution in [2.24, 2.45) is 0 Å². The van der Waals surface area contributed by atoms with Gasteiger partial charge in [-0.15, -0.1) is 0 Å². The maximum absolute atomic E-state index is 12.8. The van der Waals surface area contributed by atoms with Gasteiger partial charge in [0.05, 0.1) is 6.10 Å². The maximum Gasteiger partial charge on any atom is 0.219 e. The molecule has 0 saturated carbocycles. The lowest BCUT2D eigenvalue weighted by Crippen LogP contribution is -2.44. The predicted octanol–water partition coefficient (Wildman–Crippen LogP) is 2.17. The van der Waals surface area contributed by atoms with Gasteiger partial charge in [0.25, 0.3) is 0 Å². The fourth-order valence-electron chi connectivity index (χ4n) is 3.55. The molecule has 0 spiro atoms. The van der Waals surface area contributed by atoms with Crippen molar-refractivity contribution >= 4 is 10.0 Å². The Bertz CT molecular complexity index is 654. The normalized spacial score (nSPS) is 26.8. The number of fused-ring (bicyclic) bond motifs is 1. The highest BCUT2D eigenvalue weighted by atomic mass is 32.2. The topological polar surface area (TPSA) is 46.6 Å². The highest BCUT2D eigenvalue weighted by Gasteiger charge is 2.40. The van der Waals surface area contributed by atoms with Gasteiger partial charge in [-0.25, -0.2) is 8.42 Å². The van der Waals surface area contributed by atoms with Crippen LogP contribution in [0.15, 0.2) is 12.1 Å². The van der Waals surface area contributed by atoms with Gasteiger partial charge in [0.15, 0.2) is 0 Å². The number of benzene rings is 1. The van der Waals surface area contributed by atoms with Crippen molar-refractivity contribution in [2.75, 3.05) is 13.2 Å². The molecule has 2 aliphatic heterocycles. The Labute approximate surface area is 127 Å². The third-order valence-electron chi connectivity index (χ3n) is 4.72. The lowest BCUT2D eigenvalue weighted by atomic mass is 9.94. The molecule has 2 unspecified atom stereocenters. The van der Waals surface area contributed by atoms with Gasteiger partial charge in [-0.2, -0.15) is 4.31 Å². The van der Waals surface area contributed by atoms with Crippen LogP contribution in [0.25, 0.3) is 0 Å². The molecule has 21 heavy (non-hydrogen) atoms. The molecule has 0 amide bonds. The van der Waals surface area contributed by atoms with Crippen molar-refractivity contribution in [1.82, 2.24) is 4.31 Å². The smallest absolute Gasteiger partial charge is 0.219 e. The number of hydrogen-bond donors (Lipinski definition) is 0. The van der Waals surface area contributed by atoms with E-state index in [4.69, 9.17) is 4.74 Å². The molecule has 2 heterocycles. The molecule has 0 radical (unpaired) electrons. The summed E-state index contributed by atoms with van der Waals surface area (Å²) in [6.07, 6.45) is 1.22. The number of rotatable bonds is 2. The van der Waals surface area contributed by atoms with Gasteiger partial charge in [-0.3, -0.25) is 0 Å². The van der Waals surface area contributed by atoms with Crippen LogP contribution >= 0.6 is 0 Å². The number of hydrogen-bond acceptors (Lipinski definition) is 3. The van der Waals surface area contributed by atoms with E-state index in [2.05, 4.69) is 26.0 Å². The van der Waals surface area contributed by atoms with Crippen LogP contribution < -0.4 is 0 Å². The number of ether oxygens (including phenoxy) is 1. The minimum atomic E-state index is -3.27. The lowest BCUT2D eigenvalue weighted by molar-refractivity contribution is 0.125. The zero-order valence-electron chi connectivity index (χ0n) is 12.9. The highest BCUT2D eigenvalue weighted by Crippen LogP contribution is 2.30. The van der Waals surface area contributed by atoms with Gasteiger partial charge in [0.2, 0.25) is 10.0 Å². The first-order chi connectivity index (χ1) is 9.89. The summed E-state index contributed by atoms with van der Waals surface area (Å²) >= 11 is 0. The van der Waals surface area contributed by atoms with Crippen LogP contribution in [-0.4, -0.2) is 37.2 Å². The summed E-state index contributed by atoms with van der Waals surface area (Å²) in [6, 6.07) is 4.32. The van der Waals surface area contributed by atoms with Gasteiger partial charge >= 0.3 is 0 Å². The van der Waals surface area contributed by atoms with Crippen molar-refractivity contribution in [2.45, 2.75) is 51.5 Å². The minimum absolute atomic E-state index is 0.199. The second kappa shape index (κ2) is 5.38. The van der Waals surface area contributed by atoms with E-state index in [1.165, 1.54) is 22.3 Å². The van der Waals surface area contributed by atoms with Crippen LogP contribution in [0, 0.1) is 13.8 Å². The quantitative estimate of drug-likeness (QED) is 0.841. The molecule has 0 aliphatic carbocycles. The molecule has 2 aliphatic rings. The Morgan fingerprint density at radius 3 is 2.71 bits per heavy atom. The van der Waals surface area contributed by atoms with E-state index < -0.39 is 10.0 Å². The fraction of sp³-hybridized carbons (Fsp3) is 0.625. The van der Waals surface area contributed by atoms with E-state index in [0.717, 1.165) is 6.42 Å². The second-order valence-corrected chi connectivity index (χ2v) is 8.40. The van der Waals surface area contributed by atoms with E-state index in [-0.39, 0.29) is 11.4 Å². The van der Waals surface area contributed by atoms with Crippen LogP contribution in [0.1, 0.15) is 35.6 Å². The van der Waals surface area contributed by atoms with E-state index in [1.54, 1.807) is 4.31 Å². The lowest BCUT2D eigenvalue weighted by Gasteiger charge is -2.32. The molecule has 1 fully saturated rings. The Kier molecular flexibility index (Phi) is 3.84. The molecule has 4 nitrogen and oxygen atoms in total. The van der Waals surface area contributed by atoms with Crippen LogP contribution in [0.4, 0.5) is 0 Å². The van der Waals surface area contributed by atoms with Gasteiger partial charge in [-0.1, -0.05) is 17.7 Å². The molecule has 116 valence electrons. The first kappa shape index (κ1) is 15.0. The molecule has 0 N–H and O–H groups in total. The molecule has 5 heteroatoms.